The Morgan fingerprint density at radius 3 is 2.13 bits per heavy atom. The van der Waals surface area contributed by atoms with Crippen LogP contribution in [0.4, 0.5) is 18.9 Å². The highest BCUT2D eigenvalue weighted by Gasteiger charge is 2.52. The van der Waals surface area contributed by atoms with Crippen LogP contribution >= 0.6 is 0 Å². The SMILES string of the molecule is CCCCOc1ccc(C2(c3ccc(OC)cc3)C=CC3C4=C(c5cc(-c6ccc(N)cc6C)ccc5C3O2)c2ccc(C(F)(F)F)cc2C4(C)C)cc1. The number of hydrogen-bond acceptors (Lipinski definition) is 4. The molecule has 54 heavy (non-hydrogen) atoms. The van der Waals surface area contributed by atoms with Gasteiger partial charge in [0.1, 0.15) is 17.1 Å². The van der Waals surface area contributed by atoms with Crippen LogP contribution in [0.1, 0.15) is 84.2 Å². The Bertz CT molecular complexity index is 2300. The van der Waals surface area contributed by atoms with Gasteiger partial charge in [0.25, 0.3) is 0 Å². The lowest BCUT2D eigenvalue weighted by Crippen LogP contribution is -2.40. The minimum absolute atomic E-state index is 0.239. The molecule has 0 saturated heterocycles. The van der Waals surface area contributed by atoms with Crippen molar-refractivity contribution in [3.63, 3.8) is 0 Å². The maximum absolute atomic E-state index is 14.2. The van der Waals surface area contributed by atoms with Gasteiger partial charge >= 0.3 is 6.18 Å². The zero-order valence-corrected chi connectivity index (χ0v) is 31.2. The highest BCUT2D eigenvalue weighted by molar-refractivity contribution is 5.94. The van der Waals surface area contributed by atoms with Gasteiger partial charge in [0.15, 0.2) is 0 Å². The maximum atomic E-state index is 14.2. The van der Waals surface area contributed by atoms with Crippen molar-refractivity contribution in [2.45, 2.75) is 63.8 Å². The van der Waals surface area contributed by atoms with Gasteiger partial charge in [-0.2, -0.15) is 13.2 Å². The van der Waals surface area contributed by atoms with E-state index >= 15 is 0 Å². The molecule has 4 nitrogen and oxygen atoms in total. The Labute approximate surface area is 315 Å². The number of rotatable bonds is 8. The number of unbranched alkanes of at least 4 members (excludes halogenated alkanes) is 1. The Kier molecular flexibility index (Phi) is 8.76. The maximum Gasteiger partial charge on any atom is 0.416 e. The molecule has 8 rings (SSSR count). The molecule has 7 heteroatoms. The lowest BCUT2D eigenvalue weighted by atomic mass is 9.67. The number of methoxy groups -OCH3 is 1. The van der Waals surface area contributed by atoms with Crippen LogP contribution in [0.3, 0.4) is 0 Å². The zero-order valence-electron chi connectivity index (χ0n) is 31.2. The van der Waals surface area contributed by atoms with Crippen LogP contribution in [-0.4, -0.2) is 13.7 Å². The fourth-order valence-corrected chi connectivity index (χ4v) is 8.76. The summed E-state index contributed by atoms with van der Waals surface area (Å²) in [5.41, 5.74) is 14.9. The third-order valence-electron chi connectivity index (χ3n) is 11.5. The number of ether oxygens (including phenoxy) is 3. The van der Waals surface area contributed by atoms with E-state index in [1.165, 1.54) is 12.1 Å². The fourth-order valence-electron chi connectivity index (χ4n) is 8.76. The smallest absolute Gasteiger partial charge is 0.416 e. The standard InChI is InChI=1S/C47H44F3NO3/c1-6-7-24-53-35-17-11-31(12-18-35)46(30-9-15-34(52-5)16-10-30)23-22-39-43-42(38-20-13-32(47(48,49)50)27-41(38)45(43,3)4)40-26-29(8-19-37(40)44(39)54-46)36-21-14-33(51)25-28(36)2/h8-23,25-27,39,44H,6-7,24,51H2,1-5H3. The summed E-state index contributed by atoms with van der Waals surface area (Å²) in [5.74, 6) is 1.29. The van der Waals surface area contributed by atoms with E-state index in [0.29, 0.717) is 17.9 Å². The molecular formula is C47H44F3NO3. The average Bonchev–Trinajstić information content (AvgIpc) is 3.40. The molecule has 2 aliphatic carbocycles. The second-order valence-corrected chi connectivity index (χ2v) is 15.2. The third kappa shape index (κ3) is 5.81. The van der Waals surface area contributed by atoms with Gasteiger partial charge in [-0.15, -0.1) is 0 Å². The van der Waals surface area contributed by atoms with E-state index in [4.69, 9.17) is 19.9 Å². The third-order valence-corrected chi connectivity index (χ3v) is 11.5. The van der Waals surface area contributed by atoms with Crippen LogP contribution in [0, 0.1) is 12.8 Å². The second kappa shape index (κ2) is 13.2. The average molecular weight is 728 g/mol. The molecule has 3 atom stereocenters. The zero-order chi connectivity index (χ0) is 38.0. The molecule has 0 radical (unpaired) electrons. The van der Waals surface area contributed by atoms with Gasteiger partial charge < -0.3 is 19.9 Å². The van der Waals surface area contributed by atoms with Gasteiger partial charge in [0.2, 0.25) is 0 Å². The molecule has 5 aromatic rings. The number of benzene rings is 5. The second-order valence-electron chi connectivity index (χ2n) is 15.2. The summed E-state index contributed by atoms with van der Waals surface area (Å²) in [6.45, 7) is 8.91. The highest BCUT2D eigenvalue weighted by Crippen LogP contribution is 2.62. The molecule has 0 fully saturated rings. The highest BCUT2D eigenvalue weighted by atomic mass is 19.4. The summed E-state index contributed by atoms with van der Waals surface area (Å²) in [5, 5.41) is 0. The Hall–Kier alpha value is -5.27. The van der Waals surface area contributed by atoms with Crippen molar-refractivity contribution >= 4 is 11.3 Å². The molecule has 0 bridgehead atoms. The molecule has 0 saturated carbocycles. The van der Waals surface area contributed by atoms with Crippen molar-refractivity contribution in [1.29, 1.82) is 0 Å². The van der Waals surface area contributed by atoms with Crippen LogP contribution in [0.15, 0.2) is 121 Å². The summed E-state index contributed by atoms with van der Waals surface area (Å²) in [6, 6.07) is 32.6. The first-order valence-electron chi connectivity index (χ1n) is 18.6. The number of nitrogen functional groups attached to an aromatic ring is 1. The number of fused-ring (bicyclic) bond motifs is 7. The van der Waals surface area contributed by atoms with Crippen molar-refractivity contribution in [3.05, 3.63) is 165 Å². The van der Waals surface area contributed by atoms with Crippen molar-refractivity contribution in [3.8, 4) is 22.6 Å². The lowest BCUT2D eigenvalue weighted by Gasteiger charge is -2.47. The van der Waals surface area contributed by atoms with E-state index in [-0.39, 0.29) is 5.92 Å². The summed E-state index contributed by atoms with van der Waals surface area (Å²) < 4.78 is 61.6. The number of aryl methyl sites for hydroxylation is 1. The van der Waals surface area contributed by atoms with Gasteiger partial charge in [-0.1, -0.05) is 81.8 Å². The van der Waals surface area contributed by atoms with E-state index in [1.807, 2.05) is 75.4 Å². The summed E-state index contributed by atoms with van der Waals surface area (Å²) in [6.07, 6.45) is 1.46. The number of hydrogen-bond donors (Lipinski definition) is 1. The molecular weight excluding hydrogens is 684 g/mol. The van der Waals surface area contributed by atoms with Crippen molar-refractivity contribution in [1.82, 2.24) is 0 Å². The van der Waals surface area contributed by atoms with Crippen LogP contribution < -0.4 is 15.2 Å². The Morgan fingerprint density at radius 1 is 0.796 bits per heavy atom. The summed E-state index contributed by atoms with van der Waals surface area (Å²) >= 11 is 0. The molecule has 0 aromatic heterocycles. The summed E-state index contributed by atoms with van der Waals surface area (Å²) in [4.78, 5) is 0. The molecule has 1 aliphatic heterocycles. The van der Waals surface area contributed by atoms with Crippen LogP contribution in [-0.2, 0) is 21.9 Å². The first-order valence-corrected chi connectivity index (χ1v) is 18.6. The van der Waals surface area contributed by atoms with Gasteiger partial charge in [-0.25, -0.2) is 0 Å². The predicted octanol–water partition coefficient (Wildman–Crippen LogP) is 11.7. The minimum atomic E-state index is -4.46. The number of alkyl halides is 3. The molecule has 2 N–H and O–H groups in total. The molecule has 3 aliphatic rings. The first-order chi connectivity index (χ1) is 25.9. The largest absolute Gasteiger partial charge is 0.497 e. The van der Waals surface area contributed by atoms with Gasteiger partial charge in [0, 0.05) is 17.0 Å². The topological polar surface area (TPSA) is 53.7 Å². The van der Waals surface area contributed by atoms with E-state index < -0.39 is 28.9 Å². The van der Waals surface area contributed by atoms with Gasteiger partial charge in [0.05, 0.1) is 25.4 Å². The first kappa shape index (κ1) is 35.7. The quantitative estimate of drug-likeness (QED) is 0.0982. The molecule has 3 unspecified atom stereocenters. The normalized spacial score (nSPS) is 20.9. The van der Waals surface area contributed by atoms with Crippen molar-refractivity contribution < 1.29 is 27.4 Å². The molecule has 0 amide bonds. The molecule has 276 valence electrons. The van der Waals surface area contributed by atoms with Crippen LogP contribution in [0.5, 0.6) is 11.5 Å². The lowest BCUT2D eigenvalue weighted by molar-refractivity contribution is -0.137. The molecule has 0 spiro atoms. The minimum Gasteiger partial charge on any atom is -0.497 e. The van der Waals surface area contributed by atoms with Crippen molar-refractivity contribution in [2.75, 3.05) is 19.5 Å². The molecule has 1 heterocycles. The van der Waals surface area contributed by atoms with E-state index in [0.717, 1.165) is 80.0 Å². The fraction of sp³-hybridized carbons (Fsp3) is 0.277. The predicted molar refractivity (Wildman–Crippen MR) is 209 cm³/mol. The number of anilines is 1. The molecule has 5 aromatic carbocycles. The monoisotopic (exact) mass is 727 g/mol. The van der Waals surface area contributed by atoms with E-state index in [9.17, 15) is 13.2 Å². The number of halogens is 3. The Morgan fingerprint density at radius 2 is 1.48 bits per heavy atom. The van der Waals surface area contributed by atoms with Gasteiger partial charge in [-0.05, 0) is 135 Å². The van der Waals surface area contributed by atoms with Crippen molar-refractivity contribution in [2.24, 2.45) is 5.92 Å². The summed E-state index contributed by atoms with van der Waals surface area (Å²) in [7, 11) is 1.65. The van der Waals surface area contributed by atoms with Crippen LogP contribution in [0.25, 0.3) is 16.7 Å². The van der Waals surface area contributed by atoms with E-state index in [2.05, 4.69) is 49.4 Å². The van der Waals surface area contributed by atoms with E-state index in [1.54, 1.807) is 13.2 Å². The van der Waals surface area contributed by atoms with Gasteiger partial charge in [-0.3, -0.25) is 0 Å². The number of nitrogens with two attached hydrogens (primary N) is 1. The van der Waals surface area contributed by atoms with Crippen LogP contribution in [0.2, 0.25) is 0 Å². The Balaban J connectivity index is 1.34.